The van der Waals surface area contributed by atoms with Crippen LogP contribution in [0, 0.1) is 5.92 Å². The standard InChI is InChI=1S/C7H15NO2S/c1-6(2)11(9,10)5-7-3-8-4-7/h6-8H,3-5H2,1-2H3. The lowest BCUT2D eigenvalue weighted by atomic mass is 10.1. The van der Waals surface area contributed by atoms with Crippen molar-refractivity contribution < 1.29 is 8.42 Å². The predicted octanol–water partition coefficient (Wildman–Crippen LogP) is 0.0290. The number of hydrogen-bond acceptors (Lipinski definition) is 3. The summed E-state index contributed by atoms with van der Waals surface area (Å²) in [5.41, 5.74) is 0. The lowest BCUT2D eigenvalue weighted by molar-refractivity contribution is 0.378. The lowest BCUT2D eigenvalue weighted by Crippen LogP contribution is -2.46. The maximum Gasteiger partial charge on any atom is 0.152 e. The highest BCUT2D eigenvalue weighted by molar-refractivity contribution is 7.91. The average molecular weight is 177 g/mol. The predicted molar refractivity (Wildman–Crippen MR) is 45.3 cm³/mol. The first kappa shape index (κ1) is 9.00. The largest absolute Gasteiger partial charge is 0.316 e. The van der Waals surface area contributed by atoms with E-state index in [9.17, 15) is 8.42 Å². The van der Waals surface area contributed by atoms with Crippen LogP contribution < -0.4 is 5.32 Å². The van der Waals surface area contributed by atoms with Gasteiger partial charge in [0.1, 0.15) is 0 Å². The molecule has 0 bridgehead atoms. The van der Waals surface area contributed by atoms with Crippen LogP contribution in [0.15, 0.2) is 0 Å². The van der Waals surface area contributed by atoms with Gasteiger partial charge in [-0.25, -0.2) is 8.42 Å². The van der Waals surface area contributed by atoms with Crippen LogP contribution in [-0.4, -0.2) is 32.5 Å². The van der Waals surface area contributed by atoms with Crippen molar-refractivity contribution in [2.75, 3.05) is 18.8 Å². The van der Waals surface area contributed by atoms with E-state index in [1.807, 2.05) is 0 Å². The molecule has 0 unspecified atom stereocenters. The van der Waals surface area contributed by atoms with Gasteiger partial charge in [-0.05, 0) is 19.8 Å². The highest BCUT2D eigenvalue weighted by atomic mass is 32.2. The van der Waals surface area contributed by atoms with E-state index in [1.54, 1.807) is 13.8 Å². The second kappa shape index (κ2) is 3.11. The van der Waals surface area contributed by atoms with Gasteiger partial charge in [0, 0.05) is 13.1 Å². The molecule has 0 radical (unpaired) electrons. The third-order valence-electron chi connectivity index (χ3n) is 2.05. The Balaban J connectivity index is 2.46. The molecule has 0 aromatic heterocycles. The van der Waals surface area contributed by atoms with Crippen molar-refractivity contribution in [1.29, 1.82) is 0 Å². The molecule has 0 amide bonds. The van der Waals surface area contributed by atoms with Crippen molar-refractivity contribution in [3.63, 3.8) is 0 Å². The zero-order chi connectivity index (χ0) is 8.48. The highest BCUT2D eigenvalue weighted by Gasteiger charge is 2.25. The van der Waals surface area contributed by atoms with Crippen molar-refractivity contribution in [2.45, 2.75) is 19.1 Å². The van der Waals surface area contributed by atoms with Gasteiger partial charge in [0.2, 0.25) is 0 Å². The number of sulfone groups is 1. The summed E-state index contributed by atoms with van der Waals surface area (Å²) in [5.74, 6) is 0.722. The molecule has 4 heteroatoms. The third-order valence-corrected chi connectivity index (χ3v) is 4.42. The minimum Gasteiger partial charge on any atom is -0.316 e. The Kier molecular flexibility index (Phi) is 2.54. The molecule has 0 atom stereocenters. The molecule has 1 saturated heterocycles. The van der Waals surface area contributed by atoms with Gasteiger partial charge in [0.05, 0.1) is 11.0 Å². The summed E-state index contributed by atoms with van der Waals surface area (Å²) >= 11 is 0. The van der Waals surface area contributed by atoms with E-state index in [2.05, 4.69) is 5.32 Å². The lowest BCUT2D eigenvalue weighted by Gasteiger charge is -2.27. The van der Waals surface area contributed by atoms with Crippen molar-refractivity contribution >= 4 is 9.84 Å². The topological polar surface area (TPSA) is 46.2 Å². The summed E-state index contributed by atoms with van der Waals surface area (Å²) in [6.45, 7) is 5.21. The number of hydrogen-bond donors (Lipinski definition) is 1. The Morgan fingerprint density at radius 3 is 2.27 bits per heavy atom. The summed E-state index contributed by atoms with van der Waals surface area (Å²) in [4.78, 5) is 0. The van der Waals surface area contributed by atoms with Gasteiger partial charge >= 0.3 is 0 Å². The average Bonchev–Trinajstić information content (AvgIpc) is 1.79. The summed E-state index contributed by atoms with van der Waals surface area (Å²) in [6, 6.07) is 0. The Morgan fingerprint density at radius 1 is 1.45 bits per heavy atom. The van der Waals surface area contributed by atoms with Gasteiger partial charge < -0.3 is 5.32 Å². The van der Waals surface area contributed by atoms with Crippen molar-refractivity contribution in [3.8, 4) is 0 Å². The summed E-state index contributed by atoms with van der Waals surface area (Å²) in [5, 5.41) is 2.84. The molecule has 0 spiro atoms. The van der Waals surface area contributed by atoms with Gasteiger partial charge in [0.15, 0.2) is 9.84 Å². The van der Waals surface area contributed by atoms with Gasteiger partial charge in [-0.1, -0.05) is 0 Å². The fourth-order valence-electron chi connectivity index (χ4n) is 0.987. The SMILES string of the molecule is CC(C)S(=O)(=O)CC1CNC1. The van der Waals surface area contributed by atoms with Crippen LogP contribution in [0.1, 0.15) is 13.8 Å². The van der Waals surface area contributed by atoms with E-state index in [0.717, 1.165) is 13.1 Å². The second-order valence-corrected chi connectivity index (χ2v) is 6.00. The second-order valence-electron chi connectivity index (χ2n) is 3.40. The van der Waals surface area contributed by atoms with Crippen molar-refractivity contribution in [1.82, 2.24) is 5.32 Å². The van der Waals surface area contributed by atoms with Crippen LogP contribution in [0.3, 0.4) is 0 Å². The van der Waals surface area contributed by atoms with E-state index in [1.165, 1.54) is 0 Å². The molecule has 3 nitrogen and oxygen atoms in total. The molecule has 1 aliphatic heterocycles. The van der Waals surface area contributed by atoms with Crippen molar-refractivity contribution in [3.05, 3.63) is 0 Å². The molecule has 1 fully saturated rings. The maximum atomic E-state index is 11.3. The third kappa shape index (κ3) is 2.17. The molecule has 0 aromatic rings. The van der Waals surface area contributed by atoms with Gasteiger partial charge in [0.25, 0.3) is 0 Å². The monoisotopic (exact) mass is 177 g/mol. The maximum absolute atomic E-state index is 11.3. The van der Waals surface area contributed by atoms with Crippen LogP contribution in [0.2, 0.25) is 0 Å². The van der Waals surface area contributed by atoms with E-state index in [-0.39, 0.29) is 5.25 Å². The van der Waals surface area contributed by atoms with E-state index in [4.69, 9.17) is 0 Å². The van der Waals surface area contributed by atoms with E-state index < -0.39 is 9.84 Å². The van der Waals surface area contributed by atoms with Crippen molar-refractivity contribution in [2.24, 2.45) is 5.92 Å². The molecule has 0 saturated carbocycles. The first-order valence-corrected chi connectivity index (χ1v) is 5.66. The first-order valence-electron chi connectivity index (χ1n) is 3.94. The summed E-state index contributed by atoms with van der Waals surface area (Å²) in [7, 11) is -2.80. The molecule has 11 heavy (non-hydrogen) atoms. The normalized spacial score (nSPS) is 20.3. The molecule has 0 aliphatic carbocycles. The molecule has 1 rings (SSSR count). The first-order chi connectivity index (χ1) is 5.02. The molecule has 1 heterocycles. The zero-order valence-corrected chi connectivity index (χ0v) is 7.82. The molecular weight excluding hydrogens is 162 g/mol. The minimum absolute atomic E-state index is 0.219. The van der Waals surface area contributed by atoms with Gasteiger partial charge in [-0.2, -0.15) is 0 Å². The van der Waals surface area contributed by atoms with Crippen LogP contribution in [0.25, 0.3) is 0 Å². The Bertz CT molecular complexity index is 217. The molecule has 66 valence electrons. The fraction of sp³-hybridized carbons (Fsp3) is 1.00. The summed E-state index contributed by atoms with van der Waals surface area (Å²) in [6.07, 6.45) is 0. The van der Waals surface area contributed by atoms with Crippen LogP contribution in [0.5, 0.6) is 0 Å². The Morgan fingerprint density at radius 2 is 2.00 bits per heavy atom. The minimum atomic E-state index is -2.80. The van der Waals surface area contributed by atoms with E-state index >= 15 is 0 Å². The van der Waals surface area contributed by atoms with Gasteiger partial charge in [-0.15, -0.1) is 0 Å². The van der Waals surface area contributed by atoms with Gasteiger partial charge in [-0.3, -0.25) is 0 Å². The smallest absolute Gasteiger partial charge is 0.152 e. The molecule has 1 N–H and O–H groups in total. The molecule has 1 aliphatic rings. The quantitative estimate of drug-likeness (QED) is 0.661. The Hall–Kier alpha value is -0.0900. The van der Waals surface area contributed by atoms with Crippen LogP contribution >= 0.6 is 0 Å². The Labute approximate surface area is 68.1 Å². The van der Waals surface area contributed by atoms with Crippen LogP contribution in [-0.2, 0) is 9.84 Å². The van der Waals surface area contributed by atoms with Crippen LogP contribution in [0.4, 0.5) is 0 Å². The molecular formula is C7H15NO2S. The number of rotatable bonds is 3. The van der Waals surface area contributed by atoms with E-state index in [0.29, 0.717) is 11.7 Å². The fourth-order valence-corrected chi connectivity index (χ4v) is 2.26. The molecule has 0 aromatic carbocycles. The highest BCUT2D eigenvalue weighted by Crippen LogP contribution is 2.10. The zero-order valence-electron chi connectivity index (χ0n) is 7.00. The number of nitrogens with one attached hydrogen (secondary N) is 1. The summed E-state index contributed by atoms with van der Waals surface area (Å²) < 4.78 is 22.6.